The molecule has 0 aromatic rings. The summed E-state index contributed by atoms with van der Waals surface area (Å²) < 4.78 is 0. The van der Waals surface area contributed by atoms with Crippen LogP contribution in [0.2, 0.25) is 0 Å². The molecule has 0 fully saturated rings. The summed E-state index contributed by atoms with van der Waals surface area (Å²) in [4.78, 5) is 0. The third-order valence-electron chi connectivity index (χ3n) is 1.44. The first-order valence-corrected chi connectivity index (χ1v) is 3.02. The predicted octanol–water partition coefficient (Wildman–Crippen LogP) is 1.39. The van der Waals surface area contributed by atoms with Crippen molar-refractivity contribution in [3.05, 3.63) is 24.3 Å². The molecule has 2 nitrogen and oxygen atoms in total. The fourth-order valence-corrected chi connectivity index (χ4v) is 0.872. The zero-order valence-electron chi connectivity index (χ0n) is 5.36. The molecule has 2 heteroatoms. The van der Waals surface area contributed by atoms with Gasteiger partial charge in [0, 0.05) is 5.92 Å². The molecule has 1 aliphatic rings. The Balaban J connectivity index is 2.67. The summed E-state index contributed by atoms with van der Waals surface area (Å²) in [5.41, 5.74) is 0. The van der Waals surface area contributed by atoms with Gasteiger partial charge in [-0.1, -0.05) is 24.3 Å². The van der Waals surface area contributed by atoms with E-state index in [9.17, 15) is 0 Å². The third kappa shape index (κ3) is 1.06. The lowest BCUT2D eigenvalue weighted by atomic mass is 9.97. The van der Waals surface area contributed by atoms with Crippen molar-refractivity contribution in [1.29, 1.82) is 10.5 Å². The van der Waals surface area contributed by atoms with E-state index in [-0.39, 0.29) is 5.92 Å². The smallest absolute Gasteiger partial charge is 0.143 e. The molecule has 0 bridgehead atoms. The Labute approximate surface area is 59.7 Å². The molecule has 10 heavy (non-hydrogen) atoms. The van der Waals surface area contributed by atoms with Crippen LogP contribution in [0.5, 0.6) is 0 Å². The van der Waals surface area contributed by atoms with Gasteiger partial charge < -0.3 is 0 Å². The normalized spacial score (nSPS) is 15.5. The zero-order chi connectivity index (χ0) is 7.40. The Morgan fingerprint density at radius 3 is 2.00 bits per heavy atom. The van der Waals surface area contributed by atoms with E-state index in [0.29, 0.717) is 0 Å². The molecule has 0 heterocycles. The maximum absolute atomic E-state index is 8.45. The molecule has 0 unspecified atom stereocenters. The molecular weight excluding hydrogens is 124 g/mol. The van der Waals surface area contributed by atoms with Crippen molar-refractivity contribution in [2.75, 3.05) is 0 Å². The third-order valence-corrected chi connectivity index (χ3v) is 1.44. The molecule has 0 N–H and O–H groups in total. The standard InChI is InChI=1S/C8H6N2/c9-5-8(6-10)7-3-1-2-4-7/h1-4,7-8H. The van der Waals surface area contributed by atoms with Crippen LogP contribution in [0.4, 0.5) is 0 Å². The molecule has 0 radical (unpaired) electrons. The van der Waals surface area contributed by atoms with Crippen LogP contribution in [-0.2, 0) is 0 Å². The van der Waals surface area contributed by atoms with Gasteiger partial charge in [0.1, 0.15) is 5.92 Å². The van der Waals surface area contributed by atoms with Gasteiger partial charge in [0.15, 0.2) is 0 Å². The van der Waals surface area contributed by atoms with Gasteiger partial charge in [0.25, 0.3) is 0 Å². The van der Waals surface area contributed by atoms with E-state index in [1.54, 1.807) is 0 Å². The number of rotatable bonds is 1. The Kier molecular flexibility index (Phi) is 1.87. The van der Waals surface area contributed by atoms with Crippen molar-refractivity contribution in [1.82, 2.24) is 0 Å². The average molecular weight is 130 g/mol. The number of hydrogen-bond acceptors (Lipinski definition) is 2. The number of allylic oxidation sites excluding steroid dienone is 4. The summed E-state index contributed by atoms with van der Waals surface area (Å²) >= 11 is 0. The second-order valence-electron chi connectivity index (χ2n) is 2.08. The minimum atomic E-state index is -0.519. The highest BCUT2D eigenvalue weighted by Crippen LogP contribution is 2.17. The van der Waals surface area contributed by atoms with E-state index >= 15 is 0 Å². The van der Waals surface area contributed by atoms with E-state index < -0.39 is 5.92 Å². The maximum atomic E-state index is 8.45. The van der Waals surface area contributed by atoms with E-state index in [1.165, 1.54) is 0 Å². The van der Waals surface area contributed by atoms with Crippen molar-refractivity contribution in [2.45, 2.75) is 0 Å². The van der Waals surface area contributed by atoms with Crippen LogP contribution >= 0.6 is 0 Å². The van der Waals surface area contributed by atoms with Crippen LogP contribution in [0, 0.1) is 34.5 Å². The quantitative estimate of drug-likeness (QED) is 0.538. The number of hydrogen-bond donors (Lipinski definition) is 0. The molecule has 0 atom stereocenters. The molecule has 0 saturated heterocycles. The highest BCUT2D eigenvalue weighted by atomic mass is 14.3. The number of nitriles is 2. The lowest BCUT2D eigenvalue weighted by molar-refractivity contribution is 0.709. The lowest BCUT2D eigenvalue weighted by Gasteiger charge is -2.01. The van der Waals surface area contributed by atoms with E-state index in [2.05, 4.69) is 0 Å². The van der Waals surface area contributed by atoms with Crippen molar-refractivity contribution in [2.24, 2.45) is 11.8 Å². The second-order valence-corrected chi connectivity index (χ2v) is 2.08. The molecular formula is C8H6N2. The van der Waals surface area contributed by atoms with E-state index in [4.69, 9.17) is 10.5 Å². The molecule has 48 valence electrons. The molecule has 0 aliphatic heterocycles. The summed E-state index contributed by atoms with van der Waals surface area (Å²) in [5.74, 6) is -0.509. The molecule has 1 aliphatic carbocycles. The Morgan fingerprint density at radius 2 is 1.60 bits per heavy atom. The first kappa shape index (κ1) is 6.58. The summed E-state index contributed by atoms with van der Waals surface area (Å²) in [7, 11) is 0. The van der Waals surface area contributed by atoms with Gasteiger partial charge >= 0.3 is 0 Å². The summed E-state index contributed by atoms with van der Waals surface area (Å²) in [6.45, 7) is 0. The summed E-state index contributed by atoms with van der Waals surface area (Å²) in [5, 5.41) is 16.9. The fraction of sp³-hybridized carbons (Fsp3) is 0.250. The minimum Gasteiger partial charge on any atom is -0.197 e. The summed E-state index contributed by atoms with van der Waals surface area (Å²) in [6, 6.07) is 3.86. The highest BCUT2D eigenvalue weighted by molar-refractivity contribution is 5.24. The summed E-state index contributed by atoms with van der Waals surface area (Å²) in [6.07, 6.45) is 7.42. The second kappa shape index (κ2) is 2.85. The number of nitrogens with zero attached hydrogens (tertiary/aromatic N) is 2. The van der Waals surface area contributed by atoms with Crippen molar-refractivity contribution in [3.8, 4) is 12.1 Å². The molecule has 0 amide bonds. The monoisotopic (exact) mass is 130 g/mol. The Bertz CT molecular complexity index is 223. The van der Waals surface area contributed by atoms with Crippen molar-refractivity contribution < 1.29 is 0 Å². The largest absolute Gasteiger partial charge is 0.197 e. The van der Waals surface area contributed by atoms with Gasteiger partial charge in [-0.2, -0.15) is 10.5 Å². The SMILES string of the molecule is N#CC(C#N)C1C=CC=C1. The van der Waals surface area contributed by atoms with Crippen LogP contribution < -0.4 is 0 Å². The van der Waals surface area contributed by atoms with E-state index in [0.717, 1.165) is 0 Å². The van der Waals surface area contributed by atoms with Crippen LogP contribution in [0.25, 0.3) is 0 Å². The van der Waals surface area contributed by atoms with Gasteiger partial charge in [0.2, 0.25) is 0 Å². The predicted molar refractivity (Wildman–Crippen MR) is 36.5 cm³/mol. The van der Waals surface area contributed by atoms with Crippen LogP contribution in [0.1, 0.15) is 0 Å². The first-order valence-electron chi connectivity index (χ1n) is 3.02. The van der Waals surface area contributed by atoms with Crippen LogP contribution in [0.3, 0.4) is 0 Å². The van der Waals surface area contributed by atoms with Gasteiger partial charge in [-0.3, -0.25) is 0 Å². The molecule has 1 rings (SSSR count). The van der Waals surface area contributed by atoms with Crippen molar-refractivity contribution in [3.63, 3.8) is 0 Å². The van der Waals surface area contributed by atoms with Gasteiger partial charge in [-0.05, 0) is 0 Å². The topological polar surface area (TPSA) is 47.6 Å². The Hall–Kier alpha value is -1.54. The lowest BCUT2D eigenvalue weighted by Crippen LogP contribution is -2.03. The van der Waals surface area contributed by atoms with Crippen LogP contribution in [-0.4, -0.2) is 0 Å². The minimum absolute atomic E-state index is 0.00926. The van der Waals surface area contributed by atoms with Gasteiger partial charge in [-0.15, -0.1) is 0 Å². The average Bonchev–Trinajstić information content (AvgIpc) is 2.43. The highest BCUT2D eigenvalue weighted by Gasteiger charge is 2.16. The van der Waals surface area contributed by atoms with Gasteiger partial charge in [-0.25, -0.2) is 0 Å². The molecule has 0 saturated carbocycles. The van der Waals surface area contributed by atoms with Gasteiger partial charge in [0.05, 0.1) is 12.1 Å². The van der Waals surface area contributed by atoms with E-state index in [1.807, 2.05) is 36.4 Å². The molecule has 0 aromatic heterocycles. The molecule has 0 aromatic carbocycles. The van der Waals surface area contributed by atoms with Crippen molar-refractivity contribution >= 4 is 0 Å². The van der Waals surface area contributed by atoms with Crippen LogP contribution in [0.15, 0.2) is 24.3 Å². The maximum Gasteiger partial charge on any atom is 0.143 e. The first-order chi connectivity index (χ1) is 4.88. The fourth-order valence-electron chi connectivity index (χ4n) is 0.872. The zero-order valence-corrected chi connectivity index (χ0v) is 5.36. The Morgan fingerprint density at radius 1 is 1.10 bits per heavy atom. The molecule has 0 spiro atoms.